The van der Waals surface area contributed by atoms with E-state index >= 15 is 0 Å². The molecule has 0 atom stereocenters. The van der Waals surface area contributed by atoms with E-state index in [9.17, 15) is 0 Å². The largest absolute Gasteiger partial charge is 0.134 e. The van der Waals surface area contributed by atoms with E-state index in [0.29, 0.717) is 0 Å². The number of rotatable bonds is 3. The van der Waals surface area contributed by atoms with Gasteiger partial charge in [0, 0.05) is 25.6 Å². The summed E-state index contributed by atoms with van der Waals surface area (Å²) in [6.07, 6.45) is 0. The molecule has 0 fully saturated rings. The summed E-state index contributed by atoms with van der Waals surface area (Å²) in [5.74, 6) is 0. The Hall–Kier alpha value is -6.28. The van der Waals surface area contributed by atoms with Gasteiger partial charge in [0.2, 0.25) is 0 Å². The Morgan fingerprint density at radius 3 is 1.41 bits per heavy atom. The molecule has 0 nitrogen and oxygen atoms in total. The van der Waals surface area contributed by atoms with Crippen molar-refractivity contribution in [2.75, 3.05) is 0 Å². The Kier molecular flexibility index (Phi) is 6.22. The minimum Gasteiger partial charge on any atom is -0.134 e. The molecule has 0 bridgehead atoms. The van der Waals surface area contributed by atoms with E-state index in [1.165, 1.54) is 107 Å². The van der Waals surface area contributed by atoms with Gasteiger partial charge in [0.1, 0.15) is 0 Å². The monoisotopic (exact) mass is 662 g/mol. The van der Waals surface area contributed by atoms with Crippen LogP contribution in [0.3, 0.4) is 0 Å². The summed E-state index contributed by atoms with van der Waals surface area (Å²) in [6.45, 7) is 0. The highest BCUT2D eigenvalue weighted by molar-refractivity contribution is 7.27. The number of benzene rings is 10. The molecule has 11 rings (SSSR count). The van der Waals surface area contributed by atoms with Crippen molar-refractivity contribution in [1.29, 1.82) is 0 Å². The van der Waals surface area contributed by atoms with Gasteiger partial charge in [-0.2, -0.15) is 0 Å². The van der Waals surface area contributed by atoms with E-state index in [4.69, 9.17) is 0 Å². The first-order chi connectivity index (χ1) is 25.3. The number of fused-ring (bicyclic) bond motifs is 11. The predicted octanol–water partition coefficient (Wildman–Crippen LogP) is 14.8. The van der Waals surface area contributed by atoms with Gasteiger partial charge in [0.15, 0.2) is 0 Å². The maximum Gasteiger partial charge on any atom is 0.0440 e. The Morgan fingerprint density at radius 2 is 0.745 bits per heavy atom. The highest BCUT2D eigenvalue weighted by Crippen LogP contribution is 2.46. The molecule has 11 aromatic rings. The van der Waals surface area contributed by atoms with Crippen LogP contribution in [0.4, 0.5) is 0 Å². The third-order valence-corrected chi connectivity index (χ3v) is 12.0. The molecule has 0 aliphatic heterocycles. The van der Waals surface area contributed by atoms with Crippen molar-refractivity contribution in [3.8, 4) is 33.4 Å². The lowest BCUT2D eigenvalue weighted by molar-refractivity contribution is 1.63. The molecule has 0 unspecified atom stereocenters. The molecule has 0 N–H and O–H groups in total. The SMILES string of the molecule is c1ccc2cc(-c3c4ccccc4c(-c4ccc(-c5ccc6c(c5)sc5c7ccccc7c7ccccc7c65)cc4)c4ccccc34)ccc2c1. The quantitative estimate of drug-likeness (QED) is 0.130. The summed E-state index contributed by atoms with van der Waals surface area (Å²) in [7, 11) is 0. The average Bonchev–Trinajstić information content (AvgIpc) is 3.59. The van der Waals surface area contributed by atoms with Gasteiger partial charge in [0.25, 0.3) is 0 Å². The Morgan fingerprint density at radius 1 is 0.275 bits per heavy atom. The van der Waals surface area contributed by atoms with E-state index in [2.05, 4.69) is 182 Å². The maximum atomic E-state index is 2.39. The van der Waals surface area contributed by atoms with Crippen LogP contribution in [-0.2, 0) is 0 Å². The van der Waals surface area contributed by atoms with Gasteiger partial charge in [-0.05, 0) is 94.0 Å². The van der Waals surface area contributed by atoms with Gasteiger partial charge in [-0.25, -0.2) is 0 Å². The Balaban J connectivity index is 1.07. The summed E-state index contributed by atoms with van der Waals surface area (Å²) in [4.78, 5) is 0. The van der Waals surface area contributed by atoms with Crippen LogP contribution >= 0.6 is 11.3 Å². The summed E-state index contributed by atoms with van der Waals surface area (Å²) >= 11 is 1.92. The molecule has 0 aliphatic carbocycles. The third-order valence-electron chi connectivity index (χ3n) is 10.8. The van der Waals surface area contributed by atoms with Gasteiger partial charge in [0.05, 0.1) is 0 Å². The molecular weight excluding hydrogens is 633 g/mol. The van der Waals surface area contributed by atoms with Crippen LogP contribution in [0.15, 0.2) is 182 Å². The molecule has 1 heterocycles. The molecule has 10 aromatic carbocycles. The number of thiophene rings is 1. The third kappa shape index (κ3) is 4.32. The summed E-state index contributed by atoms with van der Waals surface area (Å²) < 4.78 is 2.70. The fourth-order valence-electron chi connectivity index (χ4n) is 8.51. The molecule has 0 radical (unpaired) electrons. The summed E-state index contributed by atoms with van der Waals surface area (Å²) in [6, 6.07) is 67.3. The second-order valence-electron chi connectivity index (χ2n) is 13.6. The first-order valence-electron chi connectivity index (χ1n) is 17.6. The molecule has 1 heteroatoms. The molecule has 1 aromatic heterocycles. The second-order valence-corrected chi connectivity index (χ2v) is 14.6. The van der Waals surface area contributed by atoms with E-state index in [0.717, 1.165) is 0 Å². The Labute approximate surface area is 299 Å². The highest BCUT2D eigenvalue weighted by atomic mass is 32.1. The fraction of sp³-hybridized carbons (Fsp3) is 0. The van der Waals surface area contributed by atoms with Crippen LogP contribution in [0.25, 0.3) is 107 Å². The average molecular weight is 663 g/mol. The maximum absolute atomic E-state index is 2.39. The number of hydrogen-bond acceptors (Lipinski definition) is 1. The minimum absolute atomic E-state index is 1.23. The zero-order valence-electron chi connectivity index (χ0n) is 27.7. The van der Waals surface area contributed by atoms with Gasteiger partial charge in [-0.1, -0.05) is 170 Å². The van der Waals surface area contributed by atoms with Crippen molar-refractivity contribution in [1.82, 2.24) is 0 Å². The molecular formula is C50H30S. The molecule has 236 valence electrons. The van der Waals surface area contributed by atoms with Crippen LogP contribution in [-0.4, -0.2) is 0 Å². The van der Waals surface area contributed by atoms with Gasteiger partial charge < -0.3 is 0 Å². The highest BCUT2D eigenvalue weighted by Gasteiger charge is 2.18. The summed E-state index contributed by atoms with van der Waals surface area (Å²) in [5.41, 5.74) is 7.54. The first kappa shape index (κ1) is 28.5. The van der Waals surface area contributed by atoms with Crippen LogP contribution in [0.2, 0.25) is 0 Å². The molecule has 0 spiro atoms. The lowest BCUT2D eigenvalue weighted by Crippen LogP contribution is -1.91. The lowest BCUT2D eigenvalue weighted by Gasteiger charge is -2.18. The van der Waals surface area contributed by atoms with Gasteiger partial charge >= 0.3 is 0 Å². The van der Waals surface area contributed by atoms with Crippen molar-refractivity contribution < 1.29 is 0 Å². The fourth-order valence-corrected chi connectivity index (χ4v) is 9.81. The van der Waals surface area contributed by atoms with Crippen molar-refractivity contribution in [2.24, 2.45) is 0 Å². The van der Waals surface area contributed by atoms with E-state index in [1.54, 1.807) is 0 Å². The molecule has 0 aliphatic rings. The van der Waals surface area contributed by atoms with Crippen molar-refractivity contribution in [3.63, 3.8) is 0 Å². The topological polar surface area (TPSA) is 0 Å². The molecule has 0 amide bonds. The number of hydrogen-bond donors (Lipinski definition) is 0. The van der Waals surface area contributed by atoms with Crippen LogP contribution in [0.1, 0.15) is 0 Å². The van der Waals surface area contributed by atoms with E-state index in [-0.39, 0.29) is 0 Å². The zero-order chi connectivity index (χ0) is 33.5. The standard InChI is InChI=1S/C50H30S/c1-2-12-34-29-36(26-23-31(34)11-1)48-42-18-8-6-16-40(42)47(41-17-7-9-19-43(41)48)33-24-21-32(22-25-33)35-27-28-45-46(30-35)51-50-44-20-10-4-14-38(44)37-13-3-5-15-39(37)49(45)50/h1-30H. The van der Waals surface area contributed by atoms with Gasteiger partial charge in [-0.15, -0.1) is 11.3 Å². The molecule has 51 heavy (non-hydrogen) atoms. The van der Waals surface area contributed by atoms with Crippen molar-refractivity contribution in [3.05, 3.63) is 182 Å². The summed E-state index contributed by atoms with van der Waals surface area (Å²) in [5, 5.41) is 15.7. The van der Waals surface area contributed by atoms with Crippen LogP contribution in [0, 0.1) is 0 Å². The zero-order valence-corrected chi connectivity index (χ0v) is 28.5. The lowest BCUT2D eigenvalue weighted by atomic mass is 9.85. The van der Waals surface area contributed by atoms with Gasteiger partial charge in [-0.3, -0.25) is 0 Å². The minimum atomic E-state index is 1.23. The second kappa shape index (κ2) is 11.1. The first-order valence-corrected chi connectivity index (χ1v) is 18.4. The van der Waals surface area contributed by atoms with Crippen molar-refractivity contribution >= 4 is 85.4 Å². The van der Waals surface area contributed by atoms with Crippen LogP contribution in [0.5, 0.6) is 0 Å². The van der Waals surface area contributed by atoms with Crippen molar-refractivity contribution in [2.45, 2.75) is 0 Å². The Bertz CT molecular complexity index is 3120. The predicted molar refractivity (Wildman–Crippen MR) is 223 cm³/mol. The van der Waals surface area contributed by atoms with Crippen LogP contribution < -0.4 is 0 Å². The molecule has 0 saturated carbocycles. The van der Waals surface area contributed by atoms with E-state index in [1.807, 2.05) is 11.3 Å². The molecule has 0 saturated heterocycles. The van der Waals surface area contributed by atoms with E-state index < -0.39 is 0 Å². The normalized spacial score (nSPS) is 11.9. The smallest absolute Gasteiger partial charge is 0.0440 e.